The van der Waals surface area contributed by atoms with E-state index in [1.807, 2.05) is 12.1 Å². The Morgan fingerprint density at radius 3 is 2.47 bits per heavy atom. The molecule has 0 bridgehead atoms. The van der Waals surface area contributed by atoms with Crippen molar-refractivity contribution in [2.75, 3.05) is 0 Å². The van der Waals surface area contributed by atoms with Crippen LogP contribution in [-0.2, 0) is 0 Å². The lowest BCUT2D eigenvalue weighted by Gasteiger charge is -2.26. The summed E-state index contributed by atoms with van der Waals surface area (Å²) in [5, 5.41) is 9.05. The van der Waals surface area contributed by atoms with Gasteiger partial charge in [-0.2, -0.15) is 5.26 Å². The van der Waals surface area contributed by atoms with Gasteiger partial charge >= 0.3 is 0 Å². The number of nitrogens with zero attached hydrogens (tertiary/aromatic N) is 1. The second-order valence-electron chi connectivity index (χ2n) is 4.18. The van der Waals surface area contributed by atoms with Gasteiger partial charge in [-0.3, -0.25) is 0 Å². The highest BCUT2D eigenvalue weighted by atomic mass is 19.1. The van der Waals surface area contributed by atoms with Gasteiger partial charge in [0, 0.05) is 0 Å². The van der Waals surface area contributed by atoms with Gasteiger partial charge in [-0.05, 0) is 36.5 Å². The van der Waals surface area contributed by atoms with Crippen molar-refractivity contribution in [1.82, 2.24) is 0 Å². The third-order valence-corrected chi connectivity index (χ3v) is 3.23. The predicted octanol–water partition coefficient (Wildman–Crippen LogP) is 3.62. The molecule has 1 fully saturated rings. The van der Waals surface area contributed by atoms with Crippen LogP contribution in [0.2, 0.25) is 0 Å². The van der Waals surface area contributed by atoms with Crippen molar-refractivity contribution >= 4 is 0 Å². The Bertz CT molecular complexity index is 363. The minimum absolute atomic E-state index is 0.115. The zero-order chi connectivity index (χ0) is 10.7. The molecule has 0 radical (unpaired) electrons. The molecular weight excluding hydrogens is 189 g/mol. The van der Waals surface area contributed by atoms with Gasteiger partial charge in [0.15, 0.2) is 0 Å². The lowest BCUT2D eigenvalue weighted by molar-refractivity contribution is 0.369. The minimum Gasteiger partial charge on any atom is -0.207 e. The first-order valence-corrected chi connectivity index (χ1v) is 5.46. The third kappa shape index (κ3) is 2.18. The molecule has 0 spiro atoms. The second-order valence-corrected chi connectivity index (χ2v) is 4.18. The molecule has 15 heavy (non-hydrogen) atoms. The SMILES string of the molecule is N#CC1CCCCC1c1ccc(F)cc1. The first-order chi connectivity index (χ1) is 7.31. The molecule has 0 heterocycles. The van der Waals surface area contributed by atoms with Crippen LogP contribution >= 0.6 is 0 Å². The molecule has 2 atom stereocenters. The van der Waals surface area contributed by atoms with Crippen molar-refractivity contribution in [2.24, 2.45) is 5.92 Å². The lowest BCUT2D eigenvalue weighted by atomic mass is 9.76. The Hall–Kier alpha value is -1.36. The van der Waals surface area contributed by atoms with E-state index in [1.165, 1.54) is 18.6 Å². The van der Waals surface area contributed by atoms with Crippen LogP contribution < -0.4 is 0 Å². The number of nitriles is 1. The van der Waals surface area contributed by atoms with E-state index in [0.29, 0.717) is 5.92 Å². The van der Waals surface area contributed by atoms with Crippen LogP contribution in [0.25, 0.3) is 0 Å². The number of benzene rings is 1. The van der Waals surface area contributed by atoms with Gasteiger partial charge in [-0.15, -0.1) is 0 Å². The summed E-state index contributed by atoms with van der Waals surface area (Å²) >= 11 is 0. The summed E-state index contributed by atoms with van der Waals surface area (Å²) in [5.74, 6) is 0.219. The van der Waals surface area contributed by atoms with Crippen molar-refractivity contribution in [1.29, 1.82) is 5.26 Å². The topological polar surface area (TPSA) is 23.8 Å². The maximum atomic E-state index is 12.8. The molecule has 0 N–H and O–H groups in total. The molecule has 1 aromatic carbocycles. The standard InChI is InChI=1S/C13H14FN/c14-12-7-5-10(6-8-12)13-4-2-1-3-11(13)9-15/h5-8,11,13H,1-4H2. The smallest absolute Gasteiger partial charge is 0.123 e. The van der Waals surface area contributed by atoms with E-state index in [1.54, 1.807) is 0 Å². The number of hydrogen-bond donors (Lipinski definition) is 0. The lowest BCUT2D eigenvalue weighted by Crippen LogP contribution is -2.16. The highest BCUT2D eigenvalue weighted by Crippen LogP contribution is 2.37. The van der Waals surface area contributed by atoms with E-state index < -0.39 is 0 Å². The summed E-state index contributed by atoms with van der Waals surface area (Å²) in [7, 11) is 0. The van der Waals surface area contributed by atoms with E-state index in [4.69, 9.17) is 5.26 Å². The summed E-state index contributed by atoms with van der Waals surface area (Å²) in [6, 6.07) is 8.97. The molecule has 0 saturated heterocycles. The van der Waals surface area contributed by atoms with Gasteiger partial charge in [0.05, 0.1) is 12.0 Å². The maximum absolute atomic E-state index is 12.8. The Morgan fingerprint density at radius 1 is 1.13 bits per heavy atom. The van der Waals surface area contributed by atoms with E-state index >= 15 is 0 Å². The van der Waals surface area contributed by atoms with Crippen LogP contribution in [0.5, 0.6) is 0 Å². The fourth-order valence-corrected chi connectivity index (χ4v) is 2.39. The van der Waals surface area contributed by atoms with Gasteiger partial charge in [0.1, 0.15) is 5.82 Å². The zero-order valence-electron chi connectivity index (χ0n) is 8.62. The van der Waals surface area contributed by atoms with Crippen LogP contribution in [0.3, 0.4) is 0 Å². The summed E-state index contributed by atoms with van der Waals surface area (Å²) < 4.78 is 12.8. The molecule has 2 unspecified atom stereocenters. The van der Waals surface area contributed by atoms with E-state index in [2.05, 4.69) is 6.07 Å². The maximum Gasteiger partial charge on any atom is 0.123 e. The quantitative estimate of drug-likeness (QED) is 0.683. The average molecular weight is 203 g/mol. The molecular formula is C13H14FN. The van der Waals surface area contributed by atoms with Crippen molar-refractivity contribution in [3.8, 4) is 6.07 Å². The van der Waals surface area contributed by atoms with Crippen molar-refractivity contribution in [3.05, 3.63) is 35.6 Å². The number of halogens is 1. The van der Waals surface area contributed by atoms with Crippen LogP contribution in [0.4, 0.5) is 4.39 Å². The Balaban J connectivity index is 2.21. The molecule has 1 aliphatic rings. The van der Waals surface area contributed by atoms with Gasteiger partial charge < -0.3 is 0 Å². The third-order valence-electron chi connectivity index (χ3n) is 3.23. The fourth-order valence-electron chi connectivity index (χ4n) is 2.39. The summed E-state index contributed by atoms with van der Waals surface area (Å²) in [6.45, 7) is 0. The molecule has 1 aliphatic carbocycles. The normalized spacial score (nSPS) is 25.9. The molecule has 2 rings (SSSR count). The van der Waals surface area contributed by atoms with E-state index in [-0.39, 0.29) is 11.7 Å². The molecule has 1 aromatic rings. The fraction of sp³-hybridized carbons (Fsp3) is 0.462. The molecule has 78 valence electrons. The van der Waals surface area contributed by atoms with Crippen molar-refractivity contribution < 1.29 is 4.39 Å². The van der Waals surface area contributed by atoms with Gasteiger partial charge in [0.2, 0.25) is 0 Å². The molecule has 0 amide bonds. The Morgan fingerprint density at radius 2 is 1.80 bits per heavy atom. The van der Waals surface area contributed by atoms with Crippen LogP contribution in [-0.4, -0.2) is 0 Å². The van der Waals surface area contributed by atoms with Gasteiger partial charge in [-0.1, -0.05) is 25.0 Å². The largest absolute Gasteiger partial charge is 0.207 e. The monoisotopic (exact) mass is 203 g/mol. The second kappa shape index (κ2) is 4.44. The molecule has 0 aliphatic heterocycles. The highest BCUT2D eigenvalue weighted by Gasteiger charge is 2.25. The molecule has 2 heteroatoms. The number of hydrogen-bond acceptors (Lipinski definition) is 1. The molecule has 1 nitrogen and oxygen atoms in total. The molecule has 1 saturated carbocycles. The van der Waals surface area contributed by atoms with E-state index in [9.17, 15) is 4.39 Å². The first-order valence-electron chi connectivity index (χ1n) is 5.46. The Kier molecular flexibility index (Phi) is 3.01. The highest BCUT2D eigenvalue weighted by molar-refractivity contribution is 5.23. The van der Waals surface area contributed by atoms with Crippen LogP contribution in [0.1, 0.15) is 37.2 Å². The summed E-state index contributed by atoms with van der Waals surface area (Å²) in [4.78, 5) is 0. The van der Waals surface area contributed by atoms with E-state index in [0.717, 1.165) is 24.8 Å². The number of rotatable bonds is 1. The summed E-state index contributed by atoms with van der Waals surface area (Å²) in [5.41, 5.74) is 1.11. The van der Waals surface area contributed by atoms with Gasteiger partial charge in [-0.25, -0.2) is 4.39 Å². The van der Waals surface area contributed by atoms with Crippen LogP contribution in [0, 0.1) is 23.1 Å². The first kappa shape index (κ1) is 10.2. The average Bonchev–Trinajstić information content (AvgIpc) is 2.30. The molecule has 0 aromatic heterocycles. The predicted molar refractivity (Wildman–Crippen MR) is 56.7 cm³/mol. The Labute approximate surface area is 89.5 Å². The van der Waals surface area contributed by atoms with Crippen molar-refractivity contribution in [2.45, 2.75) is 31.6 Å². The van der Waals surface area contributed by atoms with Crippen LogP contribution in [0.15, 0.2) is 24.3 Å². The van der Waals surface area contributed by atoms with Crippen molar-refractivity contribution in [3.63, 3.8) is 0 Å². The zero-order valence-corrected chi connectivity index (χ0v) is 8.62. The summed E-state index contributed by atoms with van der Waals surface area (Å²) in [6.07, 6.45) is 4.37. The van der Waals surface area contributed by atoms with Gasteiger partial charge in [0.25, 0.3) is 0 Å². The minimum atomic E-state index is -0.205.